The van der Waals surface area contributed by atoms with Gasteiger partial charge in [0.15, 0.2) is 6.04 Å². The highest BCUT2D eigenvalue weighted by atomic mass is 16.4. The molecule has 110 valence electrons. The topological polar surface area (TPSA) is 92.4 Å². The third-order valence-corrected chi connectivity index (χ3v) is 3.04. The van der Waals surface area contributed by atoms with E-state index in [9.17, 15) is 14.7 Å². The summed E-state index contributed by atoms with van der Waals surface area (Å²) in [4.78, 5) is 23.0. The number of carbonyl (C=O) groups is 2. The van der Waals surface area contributed by atoms with Gasteiger partial charge in [0.05, 0.1) is 0 Å². The summed E-state index contributed by atoms with van der Waals surface area (Å²) in [6.45, 7) is 0.668. The van der Waals surface area contributed by atoms with Crippen LogP contribution >= 0.6 is 0 Å². The van der Waals surface area contributed by atoms with Crippen molar-refractivity contribution in [1.82, 2.24) is 5.32 Å². The molecule has 20 heavy (non-hydrogen) atoms. The van der Waals surface area contributed by atoms with Gasteiger partial charge in [0.25, 0.3) is 0 Å². The first-order valence-corrected chi connectivity index (χ1v) is 6.92. The van der Waals surface area contributed by atoms with Crippen molar-refractivity contribution >= 4 is 11.9 Å². The van der Waals surface area contributed by atoms with Crippen molar-refractivity contribution < 1.29 is 14.7 Å². The van der Waals surface area contributed by atoms with Crippen LogP contribution in [0.3, 0.4) is 0 Å². The molecule has 0 aliphatic heterocycles. The summed E-state index contributed by atoms with van der Waals surface area (Å²) in [5, 5.41) is 11.7. The molecule has 0 saturated carbocycles. The Morgan fingerprint density at radius 2 is 1.75 bits per heavy atom. The maximum Gasteiger partial charge on any atom is 0.330 e. The first-order valence-electron chi connectivity index (χ1n) is 6.92. The highest BCUT2D eigenvalue weighted by molar-refractivity contribution is 5.84. The van der Waals surface area contributed by atoms with E-state index in [1.54, 1.807) is 24.3 Å². The number of carboxylic acids is 1. The average Bonchev–Trinajstić information content (AvgIpc) is 2.45. The molecule has 0 fully saturated rings. The van der Waals surface area contributed by atoms with E-state index < -0.39 is 12.0 Å². The number of unbranched alkanes of at least 4 members (excludes halogenated alkanes) is 3. The molecule has 1 amide bonds. The first-order chi connectivity index (χ1) is 9.65. The van der Waals surface area contributed by atoms with Gasteiger partial charge in [0.1, 0.15) is 0 Å². The van der Waals surface area contributed by atoms with E-state index in [0.717, 1.165) is 25.7 Å². The Hall–Kier alpha value is -1.88. The molecular weight excluding hydrogens is 256 g/mol. The van der Waals surface area contributed by atoms with E-state index in [0.29, 0.717) is 18.5 Å². The summed E-state index contributed by atoms with van der Waals surface area (Å²) in [5.74, 6) is -1.28. The SMILES string of the molecule is NCCCCCCC(=O)N[C@H](C(=O)O)c1ccccc1. The van der Waals surface area contributed by atoms with Gasteiger partial charge in [-0.15, -0.1) is 0 Å². The van der Waals surface area contributed by atoms with E-state index in [1.165, 1.54) is 0 Å². The summed E-state index contributed by atoms with van der Waals surface area (Å²) >= 11 is 0. The smallest absolute Gasteiger partial charge is 0.330 e. The molecule has 1 aromatic rings. The molecule has 0 aromatic heterocycles. The van der Waals surface area contributed by atoms with Gasteiger partial charge < -0.3 is 16.2 Å². The zero-order valence-electron chi connectivity index (χ0n) is 11.5. The molecule has 0 aliphatic rings. The molecule has 1 rings (SSSR count). The normalized spacial score (nSPS) is 11.8. The predicted octanol–water partition coefficient (Wildman–Crippen LogP) is 1.84. The van der Waals surface area contributed by atoms with E-state index in [2.05, 4.69) is 5.32 Å². The third kappa shape index (κ3) is 5.84. The van der Waals surface area contributed by atoms with Crippen molar-refractivity contribution in [3.63, 3.8) is 0 Å². The summed E-state index contributed by atoms with van der Waals surface area (Å²) < 4.78 is 0. The van der Waals surface area contributed by atoms with Crippen LogP contribution in [0.1, 0.15) is 43.7 Å². The highest BCUT2D eigenvalue weighted by Crippen LogP contribution is 2.13. The van der Waals surface area contributed by atoms with Gasteiger partial charge in [-0.3, -0.25) is 4.79 Å². The lowest BCUT2D eigenvalue weighted by Gasteiger charge is -2.14. The lowest BCUT2D eigenvalue weighted by molar-refractivity contribution is -0.142. The molecule has 0 aliphatic carbocycles. The quantitative estimate of drug-likeness (QED) is 0.601. The minimum atomic E-state index is -1.05. The molecule has 1 atom stereocenters. The molecule has 0 saturated heterocycles. The minimum Gasteiger partial charge on any atom is -0.479 e. The minimum absolute atomic E-state index is 0.228. The second-order valence-electron chi connectivity index (χ2n) is 4.70. The van der Waals surface area contributed by atoms with E-state index in [1.807, 2.05) is 6.07 Å². The van der Waals surface area contributed by atoms with Gasteiger partial charge in [-0.2, -0.15) is 0 Å². The fraction of sp³-hybridized carbons (Fsp3) is 0.467. The monoisotopic (exact) mass is 278 g/mol. The lowest BCUT2D eigenvalue weighted by Crippen LogP contribution is -2.33. The van der Waals surface area contributed by atoms with Gasteiger partial charge >= 0.3 is 5.97 Å². The Labute approximate surface area is 119 Å². The van der Waals surface area contributed by atoms with Crippen LogP contribution in [0.25, 0.3) is 0 Å². The van der Waals surface area contributed by atoms with Crippen LogP contribution < -0.4 is 11.1 Å². The summed E-state index contributed by atoms with van der Waals surface area (Å²) in [6.07, 6.45) is 4.01. The Bertz CT molecular complexity index is 420. The second-order valence-corrected chi connectivity index (χ2v) is 4.70. The van der Waals surface area contributed by atoms with Gasteiger partial charge in [-0.1, -0.05) is 43.2 Å². The van der Waals surface area contributed by atoms with E-state index >= 15 is 0 Å². The number of nitrogens with two attached hydrogens (primary N) is 1. The lowest BCUT2D eigenvalue weighted by atomic mass is 10.1. The summed E-state index contributed by atoms with van der Waals surface area (Å²) in [6, 6.07) is 7.73. The molecule has 0 bridgehead atoms. The fourth-order valence-electron chi connectivity index (χ4n) is 1.95. The van der Waals surface area contributed by atoms with Crippen molar-refractivity contribution in [1.29, 1.82) is 0 Å². The van der Waals surface area contributed by atoms with Crippen LogP contribution in [0.15, 0.2) is 30.3 Å². The van der Waals surface area contributed by atoms with Gasteiger partial charge in [-0.05, 0) is 24.9 Å². The maximum absolute atomic E-state index is 11.8. The zero-order chi connectivity index (χ0) is 14.8. The Kier molecular flexibility index (Phi) is 7.35. The number of benzene rings is 1. The Morgan fingerprint density at radius 3 is 2.35 bits per heavy atom. The molecule has 1 aromatic carbocycles. The number of amides is 1. The number of rotatable bonds is 9. The van der Waals surface area contributed by atoms with Gasteiger partial charge in [-0.25, -0.2) is 4.79 Å². The fourth-order valence-corrected chi connectivity index (χ4v) is 1.95. The highest BCUT2D eigenvalue weighted by Gasteiger charge is 2.21. The molecule has 0 radical (unpaired) electrons. The van der Waals surface area contributed by atoms with Crippen LogP contribution in [0.2, 0.25) is 0 Å². The van der Waals surface area contributed by atoms with Crippen molar-refractivity contribution in [3.05, 3.63) is 35.9 Å². The molecule has 4 N–H and O–H groups in total. The van der Waals surface area contributed by atoms with E-state index in [4.69, 9.17) is 5.73 Å². The average molecular weight is 278 g/mol. The third-order valence-electron chi connectivity index (χ3n) is 3.04. The molecule has 0 unspecified atom stereocenters. The second kappa shape index (κ2) is 9.09. The van der Waals surface area contributed by atoms with Crippen molar-refractivity contribution in [2.24, 2.45) is 5.73 Å². The number of aliphatic carboxylic acids is 1. The standard InChI is InChI=1S/C15H22N2O3/c16-11-7-2-1-6-10-13(18)17-14(15(19)20)12-8-4-3-5-9-12/h3-5,8-9,14H,1-2,6-7,10-11,16H2,(H,17,18)(H,19,20)/t14-/m0/s1. The Morgan fingerprint density at radius 1 is 1.10 bits per heavy atom. The first kappa shape index (κ1) is 16.2. The van der Waals surface area contributed by atoms with Crippen LogP contribution in [-0.2, 0) is 9.59 Å². The van der Waals surface area contributed by atoms with Crippen LogP contribution in [0, 0.1) is 0 Å². The van der Waals surface area contributed by atoms with Crippen molar-refractivity contribution in [2.45, 2.75) is 38.1 Å². The largest absolute Gasteiger partial charge is 0.479 e. The number of carboxylic acid groups (broad SMARTS) is 1. The van der Waals surface area contributed by atoms with Crippen LogP contribution in [-0.4, -0.2) is 23.5 Å². The molecule has 5 heteroatoms. The van der Waals surface area contributed by atoms with Gasteiger partial charge in [0.2, 0.25) is 5.91 Å². The van der Waals surface area contributed by atoms with Crippen molar-refractivity contribution in [3.8, 4) is 0 Å². The van der Waals surface area contributed by atoms with Gasteiger partial charge in [0, 0.05) is 6.42 Å². The van der Waals surface area contributed by atoms with Crippen LogP contribution in [0.4, 0.5) is 0 Å². The molecule has 0 heterocycles. The summed E-state index contributed by atoms with van der Waals surface area (Å²) in [7, 11) is 0. The summed E-state index contributed by atoms with van der Waals surface area (Å²) in [5.41, 5.74) is 5.97. The number of hydrogen-bond donors (Lipinski definition) is 3. The maximum atomic E-state index is 11.8. The molecular formula is C15H22N2O3. The zero-order valence-corrected chi connectivity index (χ0v) is 11.5. The molecule has 0 spiro atoms. The number of carbonyl (C=O) groups excluding carboxylic acids is 1. The van der Waals surface area contributed by atoms with Crippen LogP contribution in [0.5, 0.6) is 0 Å². The molecule has 5 nitrogen and oxygen atoms in total. The number of hydrogen-bond acceptors (Lipinski definition) is 3. The Balaban J connectivity index is 2.43. The number of nitrogens with one attached hydrogen (secondary N) is 1. The predicted molar refractivity (Wildman–Crippen MR) is 77.1 cm³/mol. The van der Waals surface area contributed by atoms with E-state index in [-0.39, 0.29) is 5.91 Å². The van der Waals surface area contributed by atoms with Crippen molar-refractivity contribution in [2.75, 3.05) is 6.54 Å².